The lowest BCUT2D eigenvalue weighted by molar-refractivity contribution is -0.384. The van der Waals surface area contributed by atoms with Gasteiger partial charge in [0.25, 0.3) is 5.69 Å². The van der Waals surface area contributed by atoms with Crippen LogP contribution in [0.4, 0.5) is 11.5 Å². The van der Waals surface area contributed by atoms with Crippen molar-refractivity contribution in [2.24, 2.45) is 4.99 Å². The number of nitro benzene ring substituents is 1. The van der Waals surface area contributed by atoms with E-state index in [9.17, 15) is 10.1 Å². The lowest BCUT2D eigenvalue weighted by Gasteiger charge is -2.24. The van der Waals surface area contributed by atoms with Gasteiger partial charge in [0.05, 0.1) is 22.0 Å². The Morgan fingerprint density at radius 3 is 2.39 bits per heavy atom. The second-order valence-electron chi connectivity index (χ2n) is 7.43. The summed E-state index contributed by atoms with van der Waals surface area (Å²) in [5.41, 5.74) is 5.62. The van der Waals surface area contributed by atoms with Gasteiger partial charge in [0, 0.05) is 30.3 Å². The molecule has 0 N–H and O–H groups in total. The first-order chi connectivity index (χ1) is 15.1. The molecule has 2 aromatic heterocycles. The van der Waals surface area contributed by atoms with Crippen molar-refractivity contribution in [2.45, 2.75) is 19.4 Å². The van der Waals surface area contributed by atoms with E-state index in [0.717, 1.165) is 39.6 Å². The Morgan fingerprint density at radius 2 is 1.71 bits per heavy atom. The third-order valence-corrected chi connectivity index (χ3v) is 5.49. The number of rotatable bonds is 4. The van der Waals surface area contributed by atoms with Gasteiger partial charge in [0.2, 0.25) is 0 Å². The summed E-state index contributed by atoms with van der Waals surface area (Å²) >= 11 is 0. The van der Waals surface area contributed by atoms with Gasteiger partial charge < -0.3 is 0 Å². The minimum atomic E-state index is -0.394. The number of nitrogens with zero attached hydrogens (tertiary/aromatic N) is 5. The molecule has 1 aliphatic rings. The minimum absolute atomic E-state index is 0.0623. The zero-order chi connectivity index (χ0) is 21.4. The van der Waals surface area contributed by atoms with Gasteiger partial charge in [-0.25, -0.2) is 9.67 Å². The maximum Gasteiger partial charge on any atom is 0.269 e. The molecule has 7 heteroatoms. The molecule has 7 nitrogen and oxygen atoms in total. The minimum Gasteiger partial charge on any atom is -0.259 e. The van der Waals surface area contributed by atoms with E-state index < -0.39 is 4.92 Å². The average Bonchev–Trinajstić information content (AvgIpc) is 3.15. The van der Waals surface area contributed by atoms with Gasteiger partial charge in [-0.1, -0.05) is 36.4 Å². The molecule has 0 spiro atoms. The van der Waals surface area contributed by atoms with Gasteiger partial charge in [-0.05, 0) is 42.3 Å². The highest BCUT2D eigenvalue weighted by Gasteiger charge is 2.30. The molecule has 1 aliphatic heterocycles. The Labute approximate surface area is 178 Å². The van der Waals surface area contributed by atoms with Crippen LogP contribution in [0.15, 0.2) is 84.0 Å². The molecule has 4 aromatic rings. The van der Waals surface area contributed by atoms with E-state index in [-0.39, 0.29) is 11.7 Å². The first-order valence-electron chi connectivity index (χ1n) is 9.99. The van der Waals surface area contributed by atoms with Gasteiger partial charge >= 0.3 is 0 Å². The van der Waals surface area contributed by atoms with Gasteiger partial charge in [-0.3, -0.25) is 15.1 Å². The van der Waals surface area contributed by atoms with Gasteiger partial charge in [-0.15, -0.1) is 0 Å². The summed E-state index contributed by atoms with van der Waals surface area (Å²) in [6, 6.07) is 22.4. The van der Waals surface area contributed by atoms with E-state index in [1.54, 1.807) is 18.3 Å². The van der Waals surface area contributed by atoms with Crippen LogP contribution in [0.25, 0.3) is 11.1 Å². The number of aryl methyl sites for hydroxylation is 1. The quantitative estimate of drug-likeness (QED) is 0.339. The van der Waals surface area contributed by atoms with Crippen molar-refractivity contribution in [2.75, 3.05) is 0 Å². The highest BCUT2D eigenvalue weighted by molar-refractivity contribution is 6.04. The van der Waals surface area contributed by atoms with Crippen LogP contribution in [0.1, 0.15) is 29.4 Å². The Bertz CT molecular complexity index is 1280. The fraction of sp³-hybridized carbons (Fsp3) is 0.125. The second-order valence-corrected chi connectivity index (χ2v) is 7.43. The smallest absolute Gasteiger partial charge is 0.259 e. The van der Waals surface area contributed by atoms with Crippen molar-refractivity contribution in [3.05, 3.63) is 106 Å². The van der Waals surface area contributed by atoms with Crippen LogP contribution in [0.3, 0.4) is 0 Å². The summed E-state index contributed by atoms with van der Waals surface area (Å²) in [5, 5.41) is 15.9. The number of hydrogen-bond donors (Lipinski definition) is 0. The van der Waals surface area contributed by atoms with E-state index >= 15 is 0 Å². The molecule has 0 saturated heterocycles. The maximum absolute atomic E-state index is 11.0. The second kappa shape index (κ2) is 7.60. The molecule has 5 rings (SSSR count). The van der Waals surface area contributed by atoms with Crippen molar-refractivity contribution in [1.82, 2.24) is 14.8 Å². The average molecular weight is 409 g/mol. The van der Waals surface area contributed by atoms with Crippen molar-refractivity contribution in [3.63, 3.8) is 0 Å². The topological polar surface area (TPSA) is 86.2 Å². The summed E-state index contributed by atoms with van der Waals surface area (Å²) in [6.45, 7) is 1.99. The fourth-order valence-corrected chi connectivity index (χ4v) is 4.01. The monoisotopic (exact) mass is 409 g/mol. The first kappa shape index (κ1) is 18.9. The van der Waals surface area contributed by atoms with Crippen LogP contribution < -0.4 is 0 Å². The molecule has 3 heterocycles. The Balaban J connectivity index is 1.69. The normalized spacial score (nSPS) is 15.3. The number of aromatic nitrogens is 3. The number of aliphatic imine (C=N–C) groups is 1. The predicted octanol–water partition coefficient (Wildman–Crippen LogP) is 5.28. The number of non-ortho nitro benzene ring substituents is 1. The highest BCUT2D eigenvalue weighted by atomic mass is 16.6. The molecule has 0 aliphatic carbocycles. The van der Waals surface area contributed by atoms with E-state index in [4.69, 9.17) is 10.1 Å². The highest BCUT2D eigenvalue weighted by Crippen LogP contribution is 2.41. The van der Waals surface area contributed by atoms with Crippen LogP contribution in [-0.2, 0) is 0 Å². The van der Waals surface area contributed by atoms with E-state index in [1.807, 2.05) is 48.0 Å². The third kappa shape index (κ3) is 3.40. The third-order valence-electron chi connectivity index (χ3n) is 5.49. The van der Waals surface area contributed by atoms with Crippen LogP contribution in [0.2, 0.25) is 0 Å². The summed E-state index contributed by atoms with van der Waals surface area (Å²) in [4.78, 5) is 20.2. The van der Waals surface area contributed by atoms with Gasteiger partial charge in [0.15, 0.2) is 5.82 Å². The van der Waals surface area contributed by atoms with Gasteiger partial charge in [-0.2, -0.15) is 5.10 Å². The molecule has 0 bridgehead atoms. The molecule has 0 radical (unpaired) electrons. The van der Waals surface area contributed by atoms with Crippen LogP contribution >= 0.6 is 0 Å². The standard InChI is InChI=1S/C24H19N5O2/c1-16-23(18-7-3-2-4-8-18)24-26-21(17-10-12-19(13-11-17)29(30)31)15-22(28(24)27-16)20-9-5-6-14-25-20/h2-14,22H,15H2,1H3/t22-/m1/s1. The zero-order valence-corrected chi connectivity index (χ0v) is 16.8. The molecule has 1 atom stereocenters. The molecule has 0 amide bonds. The molecular weight excluding hydrogens is 390 g/mol. The first-order valence-corrected chi connectivity index (χ1v) is 9.99. The van der Waals surface area contributed by atoms with E-state index in [1.165, 1.54) is 12.1 Å². The summed E-state index contributed by atoms with van der Waals surface area (Å²) in [5.74, 6) is 0.777. The molecule has 0 unspecified atom stereocenters. The molecular formula is C24H19N5O2. The molecule has 31 heavy (non-hydrogen) atoms. The summed E-state index contributed by atoms with van der Waals surface area (Å²) < 4.78 is 1.95. The summed E-state index contributed by atoms with van der Waals surface area (Å²) in [7, 11) is 0. The number of fused-ring (bicyclic) bond motifs is 1. The van der Waals surface area contributed by atoms with Crippen LogP contribution in [0, 0.1) is 17.0 Å². The fourth-order valence-electron chi connectivity index (χ4n) is 4.01. The SMILES string of the molecule is Cc1nn2c(c1-c1ccccc1)N=C(c1ccc([N+](=O)[O-])cc1)C[C@@H]2c1ccccn1. The Hall–Kier alpha value is -4.13. The molecule has 0 fully saturated rings. The van der Waals surface area contributed by atoms with Crippen molar-refractivity contribution < 1.29 is 4.92 Å². The predicted molar refractivity (Wildman–Crippen MR) is 119 cm³/mol. The van der Waals surface area contributed by atoms with E-state index in [0.29, 0.717) is 6.42 Å². The van der Waals surface area contributed by atoms with Gasteiger partial charge in [0.1, 0.15) is 6.04 Å². The number of nitro groups is 1. The number of pyridine rings is 1. The van der Waals surface area contributed by atoms with E-state index in [2.05, 4.69) is 17.1 Å². The number of hydrogen-bond acceptors (Lipinski definition) is 5. The van der Waals surface area contributed by atoms with Crippen molar-refractivity contribution in [3.8, 4) is 11.1 Å². The molecule has 2 aromatic carbocycles. The molecule has 0 saturated carbocycles. The Kier molecular flexibility index (Phi) is 4.63. The molecule has 152 valence electrons. The number of benzene rings is 2. The van der Waals surface area contributed by atoms with Crippen LogP contribution in [0.5, 0.6) is 0 Å². The largest absolute Gasteiger partial charge is 0.269 e. The summed E-state index contributed by atoms with van der Waals surface area (Å²) in [6.07, 6.45) is 2.37. The Morgan fingerprint density at radius 1 is 0.968 bits per heavy atom. The van der Waals surface area contributed by atoms with Crippen molar-refractivity contribution >= 4 is 17.2 Å². The maximum atomic E-state index is 11.0. The van der Waals surface area contributed by atoms with Crippen molar-refractivity contribution in [1.29, 1.82) is 0 Å². The van der Waals surface area contributed by atoms with Crippen LogP contribution in [-0.4, -0.2) is 25.4 Å². The lowest BCUT2D eigenvalue weighted by Crippen LogP contribution is -2.22. The zero-order valence-electron chi connectivity index (χ0n) is 16.8. The lowest BCUT2D eigenvalue weighted by atomic mass is 9.97.